The Balaban J connectivity index is 3.38. The first kappa shape index (κ1) is 81.6. The summed E-state index contributed by atoms with van der Waals surface area (Å²) < 4.78 is 5.50. The van der Waals surface area contributed by atoms with Crippen LogP contribution in [-0.2, 0) is 14.3 Å². The molecule has 492 valence electrons. The molecule has 6 nitrogen and oxygen atoms in total. The number of carbonyl (C=O) groups excluding carboxylic acids is 2. The van der Waals surface area contributed by atoms with Gasteiger partial charge in [0.1, 0.15) is 0 Å². The van der Waals surface area contributed by atoms with E-state index in [0.29, 0.717) is 19.4 Å². The van der Waals surface area contributed by atoms with Crippen molar-refractivity contribution < 1.29 is 24.5 Å². The van der Waals surface area contributed by atoms with Gasteiger partial charge in [0, 0.05) is 12.8 Å². The Morgan fingerprint density at radius 1 is 0.333 bits per heavy atom. The van der Waals surface area contributed by atoms with E-state index < -0.39 is 12.1 Å². The minimum Gasteiger partial charge on any atom is -0.466 e. The van der Waals surface area contributed by atoms with Crippen LogP contribution in [0.25, 0.3) is 0 Å². The second-order valence-corrected chi connectivity index (χ2v) is 25.6. The fourth-order valence-electron chi connectivity index (χ4n) is 11.5. The van der Waals surface area contributed by atoms with Crippen LogP contribution in [0.1, 0.15) is 399 Å². The highest BCUT2D eigenvalue weighted by Crippen LogP contribution is 2.18. The molecule has 84 heavy (non-hydrogen) atoms. The maximum Gasteiger partial charge on any atom is 0.305 e. The molecule has 0 heterocycles. The van der Waals surface area contributed by atoms with Crippen molar-refractivity contribution in [2.45, 2.75) is 411 Å². The molecule has 0 aliphatic carbocycles. The van der Waals surface area contributed by atoms with Gasteiger partial charge in [0.25, 0.3) is 0 Å². The number of hydrogen-bond donors (Lipinski definition) is 3. The highest BCUT2D eigenvalue weighted by atomic mass is 16.5. The van der Waals surface area contributed by atoms with Gasteiger partial charge in [-0.05, 0) is 96.3 Å². The summed E-state index contributed by atoms with van der Waals surface area (Å²) in [5.41, 5.74) is 0. The van der Waals surface area contributed by atoms with Crippen LogP contribution in [0.4, 0.5) is 0 Å². The topological polar surface area (TPSA) is 95.9 Å². The van der Waals surface area contributed by atoms with Gasteiger partial charge in [0.2, 0.25) is 5.91 Å². The molecule has 0 spiro atoms. The molecular formula is C78H145NO5. The van der Waals surface area contributed by atoms with Crippen LogP contribution < -0.4 is 5.32 Å². The Labute approximate surface area is 524 Å². The largest absolute Gasteiger partial charge is 0.466 e. The van der Waals surface area contributed by atoms with Gasteiger partial charge in [0.05, 0.1) is 25.4 Å². The molecule has 0 fully saturated rings. The van der Waals surface area contributed by atoms with E-state index in [1.807, 2.05) is 6.08 Å². The van der Waals surface area contributed by atoms with E-state index in [1.54, 1.807) is 6.08 Å². The number of aliphatic hydroxyl groups excluding tert-OH is 2. The molecule has 0 aromatic rings. The zero-order chi connectivity index (χ0) is 60.6. The number of nitrogens with one attached hydrogen (secondary N) is 1. The molecule has 0 rings (SSSR count). The molecule has 0 aliphatic heterocycles. The number of rotatable bonds is 70. The third kappa shape index (κ3) is 68.7. The summed E-state index contributed by atoms with van der Waals surface area (Å²) in [7, 11) is 0. The molecule has 0 saturated carbocycles. The second-order valence-electron chi connectivity index (χ2n) is 25.6. The average molecular weight is 1180 g/mol. The molecule has 3 N–H and O–H groups in total. The van der Waals surface area contributed by atoms with Crippen LogP contribution in [0, 0.1) is 0 Å². The van der Waals surface area contributed by atoms with E-state index in [-0.39, 0.29) is 18.5 Å². The van der Waals surface area contributed by atoms with Crippen molar-refractivity contribution in [3.63, 3.8) is 0 Å². The normalized spacial score (nSPS) is 12.9. The first-order valence-corrected chi connectivity index (χ1v) is 37.6. The minimum absolute atomic E-state index is 0.00876. The fraction of sp³-hybridized carbons (Fsp3) is 0.846. The number of amides is 1. The predicted octanol–water partition coefficient (Wildman–Crippen LogP) is 24.6. The lowest BCUT2D eigenvalue weighted by atomic mass is 10.0. The van der Waals surface area contributed by atoms with E-state index in [4.69, 9.17) is 4.74 Å². The lowest BCUT2D eigenvalue weighted by Gasteiger charge is -2.20. The number of esters is 1. The standard InChI is InChI=1S/C78H145NO5/c1-3-5-7-9-11-13-15-17-19-39-44-48-52-56-60-64-68-72-78(83)84-73-69-65-61-57-53-49-45-41-38-36-34-32-30-28-26-24-22-20-21-23-25-27-29-31-33-35-37-40-43-47-51-55-59-63-67-71-77(82)79-75(74-80)76(81)70-66-62-58-54-50-46-42-18-16-14-12-10-8-6-4-2/h11,13,17,19,22,24,28,30,66,70,75-76,80-81H,3-10,12,14-16,18,20-21,23,25-27,29,31-65,67-69,71-74H2,1-2H3,(H,79,82)/b13-11-,19-17-,24-22-,30-28-,70-66+. The van der Waals surface area contributed by atoms with Crippen LogP contribution in [0.15, 0.2) is 60.8 Å². The molecule has 0 aliphatic rings. The molecule has 0 bridgehead atoms. The lowest BCUT2D eigenvalue weighted by Crippen LogP contribution is -2.45. The van der Waals surface area contributed by atoms with Gasteiger partial charge in [-0.15, -0.1) is 0 Å². The average Bonchev–Trinajstić information content (AvgIpc) is 3.53. The highest BCUT2D eigenvalue weighted by Gasteiger charge is 2.18. The van der Waals surface area contributed by atoms with Crippen molar-refractivity contribution in [1.29, 1.82) is 0 Å². The van der Waals surface area contributed by atoms with Crippen LogP contribution in [0.3, 0.4) is 0 Å². The van der Waals surface area contributed by atoms with Crippen molar-refractivity contribution in [3.8, 4) is 0 Å². The predicted molar refractivity (Wildman–Crippen MR) is 370 cm³/mol. The third-order valence-corrected chi connectivity index (χ3v) is 17.3. The van der Waals surface area contributed by atoms with Gasteiger partial charge in [-0.1, -0.05) is 351 Å². The Morgan fingerprint density at radius 3 is 0.929 bits per heavy atom. The summed E-state index contributed by atoms with van der Waals surface area (Å²) in [6, 6.07) is -0.627. The molecule has 0 aromatic heterocycles. The van der Waals surface area contributed by atoms with E-state index in [1.165, 1.54) is 315 Å². The van der Waals surface area contributed by atoms with Crippen molar-refractivity contribution in [3.05, 3.63) is 60.8 Å². The summed E-state index contributed by atoms with van der Waals surface area (Å²) in [6.07, 6.45) is 97.5. The quantitative estimate of drug-likeness (QED) is 0.0320. The molecule has 2 unspecified atom stereocenters. The maximum absolute atomic E-state index is 12.5. The van der Waals surface area contributed by atoms with E-state index in [0.717, 1.165) is 57.8 Å². The first-order valence-electron chi connectivity index (χ1n) is 37.6. The van der Waals surface area contributed by atoms with Crippen molar-refractivity contribution in [2.75, 3.05) is 13.2 Å². The molecule has 0 saturated heterocycles. The van der Waals surface area contributed by atoms with E-state index in [2.05, 4.69) is 67.8 Å². The second kappa shape index (κ2) is 73.0. The maximum atomic E-state index is 12.5. The smallest absolute Gasteiger partial charge is 0.305 e. The number of ether oxygens (including phenoxy) is 1. The van der Waals surface area contributed by atoms with Gasteiger partial charge in [-0.3, -0.25) is 9.59 Å². The first-order chi connectivity index (χ1) is 41.5. The highest BCUT2D eigenvalue weighted by molar-refractivity contribution is 5.76. The molecule has 6 heteroatoms. The summed E-state index contributed by atoms with van der Waals surface area (Å²) in [4.78, 5) is 24.6. The van der Waals surface area contributed by atoms with E-state index >= 15 is 0 Å². The SMILES string of the molecule is CCCCC/C=C\C/C=C\CCCCCCCCCC(=O)OCCCCCCCCCCCCC/C=C\C/C=C\CCCCCCCCCCCCCCCCCCCC(=O)NC(CO)C(O)/C=C/CCCCCCCCCCCCCCC. The van der Waals surface area contributed by atoms with Gasteiger partial charge in [-0.25, -0.2) is 0 Å². The van der Waals surface area contributed by atoms with Crippen molar-refractivity contribution >= 4 is 11.9 Å². The Bertz CT molecular complexity index is 1450. The van der Waals surface area contributed by atoms with Crippen LogP contribution >= 0.6 is 0 Å². The zero-order valence-corrected chi connectivity index (χ0v) is 56.4. The molecule has 2 atom stereocenters. The summed E-state index contributed by atoms with van der Waals surface area (Å²) in [5.74, 6) is -0.0551. The fourth-order valence-corrected chi connectivity index (χ4v) is 11.5. The van der Waals surface area contributed by atoms with Gasteiger partial charge >= 0.3 is 5.97 Å². The van der Waals surface area contributed by atoms with Gasteiger partial charge < -0.3 is 20.3 Å². The van der Waals surface area contributed by atoms with Crippen LogP contribution in [-0.4, -0.2) is 47.4 Å². The minimum atomic E-state index is -0.843. The Morgan fingerprint density at radius 2 is 0.595 bits per heavy atom. The number of unbranched alkanes of at least 4 members (excludes halogenated alkanes) is 51. The number of carbonyl (C=O) groups is 2. The van der Waals surface area contributed by atoms with Crippen LogP contribution in [0.2, 0.25) is 0 Å². The van der Waals surface area contributed by atoms with E-state index in [9.17, 15) is 19.8 Å². The summed E-state index contributed by atoms with van der Waals surface area (Å²) in [6.45, 7) is 4.90. The summed E-state index contributed by atoms with van der Waals surface area (Å²) >= 11 is 0. The van der Waals surface area contributed by atoms with Crippen molar-refractivity contribution in [1.82, 2.24) is 5.32 Å². The number of allylic oxidation sites excluding steroid dienone is 9. The molecular weight excluding hydrogens is 1030 g/mol. The van der Waals surface area contributed by atoms with Crippen molar-refractivity contribution in [2.24, 2.45) is 0 Å². The Kier molecular flexibility index (Phi) is 70.9. The Hall–Kier alpha value is -2.44. The zero-order valence-electron chi connectivity index (χ0n) is 56.4. The monoisotopic (exact) mass is 1180 g/mol. The number of aliphatic hydroxyl groups is 2. The molecule has 0 aromatic carbocycles. The van der Waals surface area contributed by atoms with Gasteiger partial charge in [-0.2, -0.15) is 0 Å². The van der Waals surface area contributed by atoms with Gasteiger partial charge in [0.15, 0.2) is 0 Å². The number of hydrogen-bond acceptors (Lipinski definition) is 5. The summed E-state index contributed by atoms with van der Waals surface area (Å²) in [5, 5.41) is 23.2. The molecule has 1 amide bonds. The lowest BCUT2D eigenvalue weighted by molar-refractivity contribution is -0.143. The molecule has 0 radical (unpaired) electrons. The third-order valence-electron chi connectivity index (χ3n) is 17.3. The van der Waals surface area contributed by atoms with Crippen LogP contribution in [0.5, 0.6) is 0 Å².